The van der Waals surface area contributed by atoms with Crippen LogP contribution < -0.4 is 5.32 Å². The number of nitrogens with one attached hydrogen (secondary N) is 1. The third kappa shape index (κ3) is 2.81. The Morgan fingerprint density at radius 3 is 2.56 bits per heavy atom. The summed E-state index contributed by atoms with van der Waals surface area (Å²) >= 11 is 0. The molecule has 0 aromatic carbocycles. The molecule has 0 heterocycles. The van der Waals surface area contributed by atoms with Crippen LogP contribution in [-0.4, -0.2) is 18.5 Å². The summed E-state index contributed by atoms with van der Waals surface area (Å²) in [5, 5.41) is 12.7. The Kier molecular flexibility index (Phi) is 3.62. The molecule has 1 N–H and O–H groups in total. The highest BCUT2D eigenvalue weighted by Gasteiger charge is 2.04. The fraction of sp³-hybridized carbons (Fsp3) is 0.600. The predicted molar refractivity (Wildman–Crippen MR) is 34.7 cm³/mol. The fourth-order valence-electron chi connectivity index (χ4n) is 0.453. The lowest BCUT2D eigenvalue weighted by molar-refractivity contribution is -0.426. The van der Waals surface area contributed by atoms with Crippen molar-refractivity contribution in [2.45, 2.75) is 6.92 Å². The molecule has 0 aliphatic heterocycles. The van der Waals surface area contributed by atoms with Gasteiger partial charge in [-0.2, -0.15) is 0 Å². The predicted octanol–water partition coefficient (Wildman–Crippen LogP) is 0.386. The first-order valence-corrected chi connectivity index (χ1v) is 2.66. The van der Waals surface area contributed by atoms with Gasteiger partial charge in [-0.1, -0.05) is 0 Å². The van der Waals surface area contributed by atoms with Gasteiger partial charge in [0, 0.05) is 0 Å². The second-order valence-corrected chi connectivity index (χ2v) is 1.57. The maximum atomic E-state index is 10.0. The molecule has 52 valence electrons. The summed E-state index contributed by atoms with van der Waals surface area (Å²) in [4.78, 5) is 9.63. The van der Waals surface area contributed by atoms with Gasteiger partial charge in [0.2, 0.25) is 0 Å². The first-order valence-electron chi connectivity index (χ1n) is 2.66. The van der Waals surface area contributed by atoms with Crippen LogP contribution in [0.4, 0.5) is 0 Å². The average Bonchev–Trinajstić information content (AvgIpc) is 1.82. The normalized spacial score (nSPS) is 11.6. The summed E-state index contributed by atoms with van der Waals surface area (Å²) in [5.41, 5.74) is 0.206. The van der Waals surface area contributed by atoms with Crippen molar-refractivity contribution in [3.8, 4) is 0 Å². The van der Waals surface area contributed by atoms with Crippen molar-refractivity contribution in [1.82, 2.24) is 5.32 Å². The molecule has 0 saturated heterocycles. The van der Waals surface area contributed by atoms with Gasteiger partial charge in [0.15, 0.2) is 0 Å². The Morgan fingerprint density at radius 2 is 2.44 bits per heavy atom. The van der Waals surface area contributed by atoms with Crippen LogP contribution >= 0.6 is 0 Å². The zero-order chi connectivity index (χ0) is 7.28. The van der Waals surface area contributed by atoms with E-state index in [1.807, 2.05) is 0 Å². The molecule has 0 spiro atoms. The summed E-state index contributed by atoms with van der Waals surface area (Å²) in [6, 6.07) is 0. The van der Waals surface area contributed by atoms with E-state index < -0.39 is 4.92 Å². The molecular weight excluding hydrogens is 120 g/mol. The summed E-state index contributed by atoms with van der Waals surface area (Å²) in [5.74, 6) is 0. The van der Waals surface area contributed by atoms with E-state index in [-0.39, 0.29) is 5.70 Å². The van der Waals surface area contributed by atoms with Crippen LogP contribution in [0.2, 0.25) is 0 Å². The van der Waals surface area contributed by atoms with Crippen molar-refractivity contribution >= 4 is 0 Å². The number of hydrogen-bond acceptors (Lipinski definition) is 3. The molecule has 9 heavy (non-hydrogen) atoms. The van der Waals surface area contributed by atoms with Crippen LogP contribution in [0.5, 0.6) is 0 Å². The summed E-state index contributed by atoms with van der Waals surface area (Å²) < 4.78 is 0. The van der Waals surface area contributed by atoms with Crippen molar-refractivity contribution in [1.29, 1.82) is 0 Å². The molecular formula is C5H10N2O2. The van der Waals surface area contributed by atoms with Crippen LogP contribution in [0.1, 0.15) is 6.92 Å². The largest absolute Gasteiger partial charge is 0.310 e. The van der Waals surface area contributed by atoms with Crippen molar-refractivity contribution in [2.75, 3.05) is 13.6 Å². The molecule has 0 aliphatic rings. The second-order valence-electron chi connectivity index (χ2n) is 1.57. The van der Waals surface area contributed by atoms with E-state index in [9.17, 15) is 10.1 Å². The van der Waals surface area contributed by atoms with Gasteiger partial charge in [0.05, 0.1) is 11.5 Å². The van der Waals surface area contributed by atoms with E-state index in [2.05, 4.69) is 5.32 Å². The smallest absolute Gasteiger partial charge is 0.255 e. The monoisotopic (exact) mass is 130 g/mol. The zero-order valence-corrected chi connectivity index (χ0v) is 5.55. The Hall–Kier alpha value is -0.900. The van der Waals surface area contributed by atoms with Crippen LogP contribution in [0.25, 0.3) is 0 Å². The van der Waals surface area contributed by atoms with Gasteiger partial charge in [-0.25, -0.2) is 0 Å². The molecule has 0 aromatic heterocycles. The highest BCUT2D eigenvalue weighted by molar-refractivity contribution is 4.90. The number of nitro groups is 1. The van der Waals surface area contributed by atoms with Crippen molar-refractivity contribution in [3.05, 3.63) is 21.9 Å². The lowest BCUT2D eigenvalue weighted by Crippen LogP contribution is -2.15. The van der Waals surface area contributed by atoms with Gasteiger partial charge in [-0.3, -0.25) is 10.1 Å². The quantitative estimate of drug-likeness (QED) is 0.444. The summed E-state index contributed by atoms with van der Waals surface area (Å²) in [6.07, 6.45) is 1.48. The van der Waals surface area contributed by atoms with Gasteiger partial charge in [0.1, 0.15) is 0 Å². The Morgan fingerprint density at radius 1 is 1.89 bits per heavy atom. The fourth-order valence-corrected chi connectivity index (χ4v) is 0.453. The molecule has 0 bridgehead atoms. The van der Waals surface area contributed by atoms with Crippen LogP contribution in [0, 0.1) is 10.1 Å². The Bertz CT molecular complexity index is 131. The van der Waals surface area contributed by atoms with E-state index in [1.165, 1.54) is 6.08 Å². The van der Waals surface area contributed by atoms with Gasteiger partial charge < -0.3 is 5.32 Å². The molecule has 4 heteroatoms. The number of rotatable bonds is 3. The van der Waals surface area contributed by atoms with Gasteiger partial charge >= 0.3 is 0 Å². The van der Waals surface area contributed by atoms with Gasteiger partial charge in [-0.05, 0) is 20.0 Å². The first kappa shape index (κ1) is 8.10. The number of likely N-dealkylation sites (N-methyl/N-ethyl adjacent to an activating group) is 1. The standard InChI is InChI=1S/C5H10N2O2/c1-3-5(4-6-2)7(8)9/h3,6H,4H2,1-2H3/b5-3-. The van der Waals surface area contributed by atoms with Crippen molar-refractivity contribution < 1.29 is 4.92 Å². The molecule has 0 rings (SSSR count). The lowest BCUT2D eigenvalue weighted by Gasteiger charge is -1.93. The Balaban J connectivity index is 3.85. The molecule has 4 nitrogen and oxygen atoms in total. The molecule has 0 aromatic rings. The van der Waals surface area contributed by atoms with Crippen molar-refractivity contribution in [3.63, 3.8) is 0 Å². The average molecular weight is 130 g/mol. The van der Waals surface area contributed by atoms with E-state index in [1.54, 1.807) is 14.0 Å². The molecule has 0 fully saturated rings. The van der Waals surface area contributed by atoms with Crippen LogP contribution in [0.3, 0.4) is 0 Å². The maximum absolute atomic E-state index is 10.0. The summed E-state index contributed by atoms with van der Waals surface area (Å²) in [6.45, 7) is 1.97. The highest BCUT2D eigenvalue weighted by Crippen LogP contribution is 1.90. The molecule has 0 amide bonds. The SMILES string of the molecule is C/C=C(/CNC)[N+](=O)[O-]. The lowest BCUT2D eigenvalue weighted by atomic mass is 10.4. The third-order valence-electron chi connectivity index (χ3n) is 0.926. The molecule has 0 atom stereocenters. The zero-order valence-electron chi connectivity index (χ0n) is 5.55. The minimum Gasteiger partial charge on any atom is -0.310 e. The van der Waals surface area contributed by atoms with E-state index >= 15 is 0 Å². The van der Waals surface area contributed by atoms with E-state index in [0.29, 0.717) is 6.54 Å². The molecule has 0 unspecified atom stereocenters. The maximum Gasteiger partial charge on any atom is 0.255 e. The number of allylic oxidation sites excluding steroid dienone is 1. The van der Waals surface area contributed by atoms with Gasteiger partial charge in [0.25, 0.3) is 5.70 Å². The summed E-state index contributed by atoms with van der Waals surface area (Å²) in [7, 11) is 1.67. The Labute approximate surface area is 53.7 Å². The minimum absolute atomic E-state index is 0.206. The van der Waals surface area contributed by atoms with E-state index in [0.717, 1.165) is 0 Å². The van der Waals surface area contributed by atoms with Gasteiger partial charge in [-0.15, -0.1) is 0 Å². The number of hydrogen-bond donors (Lipinski definition) is 1. The van der Waals surface area contributed by atoms with E-state index in [4.69, 9.17) is 0 Å². The molecule has 0 saturated carbocycles. The number of nitrogens with zero attached hydrogens (tertiary/aromatic N) is 1. The minimum atomic E-state index is -0.392. The first-order chi connectivity index (χ1) is 4.22. The topological polar surface area (TPSA) is 55.2 Å². The van der Waals surface area contributed by atoms with Crippen LogP contribution in [0.15, 0.2) is 11.8 Å². The van der Waals surface area contributed by atoms with Crippen LogP contribution in [-0.2, 0) is 0 Å². The highest BCUT2D eigenvalue weighted by atomic mass is 16.6. The second kappa shape index (κ2) is 4.03. The molecule has 0 aliphatic carbocycles. The molecule has 0 radical (unpaired) electrons. The third-order valence-corrected chi connectivity index (χ3v) is 0.926. The van der Waals surface area contributed by atoms with Crippen molar-refractivity contribution in [2.24, 2.45) is 0 Å².